The Bertz CT molecular complexity index is 3140. The predicted octanol–water partition coefficient (Wildman–Crippen LogP) is 15.5. The van der Waals surface area contributed by atoms with Gasteiger partial charge in [0.15, 0.2) is 0 Å². The van der Waals surface area contributed by atoms with Crippen molar-refractivity contribution in [1.29, 1.82) is 0 Å². The van der Waals surface area contributed by atoms with E-state index >= 15 is 0 Å². The van der Waals surface area contributed by atoms with Crippen molar-refractivity contribution in [2.75, 3.05) is 4.90 Å². The molecule has 0 N–H and O–H groups in total. The van der Waals surface area contributed by atoms with Crippen LogP contribution in [0.5, 0.6) is 0 Å². The highest BCUT2D eigenvalue weighted by Crippen LogP contribution is 2.51. The molecule has 1 aliphatic rings. The summed E-state index contributed by atoms with van der Waals surface area (Å²) in [5, 5.41) is 4.80. The van der Waals surface area contributed by atoms with Gasteiger partial charge in [-0.15, -0.1) is 0 Å². The minimum absolute atomic E-state index is 0.111. The Hall–Kier alpha value is -7.16. The second kappa shape index (κ2) is 13.0. The Kier molecular flexibility index (Phi) is 7.55. The molecule has 2 heteroatoms. The Morgan fingerprint density at radius 3 is 1.79 bits per heavy atom. The van der Waals surface area contributed by atoms with Crippen LogP contribution in [0.25, 0.3) is 77.2 Å². The molecular weight excluding hydrogens is 691 g/mol. The van der Waals surface area contributed by atoms with E-state index in [1.807, 2.05) is 12.1 Å². The molecule has 2 nitrogen and oxygen atoms in total. The summed E-state index contributed by atoms with van der Waals surface area (Å²) >= 11 is 0. The minimum atomic E-state index is -0.111. The third kappa shape index (κ3) is 5.48. The Morgan fingerprint density at radius 1 is 0.351 bits per heavy atom. The van der Waals surface area contributed by atoms with Gasteiger partial charge in [-0.2, -0.15) is 0 Å². The first kappa shape index (κ1) is 33.2. The third-order valence-corrected chi connectivity index (χ3v) is 12.1. The molecule has 0 saturated heterocycles. The highest BCUT2D eigenvalue weighted by Gasteiger charge is 2.35. The van der Waals surface area contributed by atoms with E-state index in [1.54, 1.807) is 0 Å². The van der Waals surface area contributed by atoms with Crippen molar-refractivity contribution in [3.05, 3.63) is 211 Å². The van der Waals surface area contributed by atoms with Crippen molar-refractivity contribution in [2.45, 2.75) is 19.3 Å². The normalized spacial score (nSPS) is 12.9. The summed E-state index contributed by atoms with van der Waals surface area (Å²) in [5.74, 6) is 0. The van der Waals surface area contributed by atoms with E-state index in [4.69, 9.17) is 4.42 Å². The summed E-state index contributed by atoms with van der Waals surface area (Å²) in [7, 11) is 0. The summed E-state index contributed by atoms with van der Waals surface area (Å²) in [5.41, 5.74) is 17.6. The zero-order chi connectivity index (χ0) is 38.1. The summed E-state index contributed by atoms with van der Waals surface area (Å²) < 4.78 is 6.17. The first-order valence-electron chi connectivity index (χ1n) is 19.7. The molecule has 0 spiro atoms. The molecule has 9 aromatic carbocycles. The maximum Gasteiger partial charge on any atom is 0.135 e. The molecule has 1 aromatic heterocycles. The molecule has 1 aliphatic carbocycles. The van der Waals surface area contributed by atoms with Crippen LogP contribution in [0, 0.1) is 0 Å². The topological polar surface area (TPSA) is 16.4 Å². The van der Waals surface area contributed by atoms with E-state index < -0.39 is 0 Å². The lowest BCUT2D eigenvalue weighted by atomic mass is 9.82. The monoisotopic (exact) mass is 729 g/mol. The van der Waals surface area contributed by atoms with Crippen LogP contribution in [0.2, 0.25) is 0 Å². The average molecular weight is 730 g/mol. The molecule has 0 atom stereocenters. The van der Waals surface area contributed by atoms with Crippen LogP contribution in [0.15, 0.2) is 205 Å². The van der Waals surface area contributed by atoms with E-state index in [0.29, 0.717) is 0 Å². The maximum atomic E-state index is 6.17. The van der Waals surface area contributed by atoms with Crippen molar-refractivity contribution in [3.63, 3.8) is 0 Å². The maximum absolute atomic E-state index is 6.17. The first-order valence-corrected chi connectivity index (χ1v) is 19.7. The zero-order valence-electron chi connectivity index (χ0n) is 31.9. The second-order valence-corrected chi connectivity index (χ2v) is 15.7. The third-order valence-electron chi connectivity index (χ3n) is 12.1. The standard InChI is InChI=1S/C55H39NO/c1-55(2)51-19-7-5-16-47(51)48-31-30-44(35-52(48)55)56(43-14-9-13-40(33-43)41-27-32-54-50(34-41)49-17-6-8-20-53(49)57-54)42-28-25-37(26-29-42)36-21-23-39(24-22-36)46-18-10-12-38-11-3-4-15-45(38)46/h3-35H,1-2H3. The molecule has 1 heterocycles. The highest BCUT2D eigenvalue weighted by atomic mass is 16.3. The molecular formula is C55H39NO. The predicted molar refractivity (Wildman–Crippen MR) is 240 cm³/mol. The molecule has 0 unspecified atom stereocenters. The summed E-state index contributed by atoms with van der Waals surface area (Å²) in [4.78, 5) is 2.40. The van der Waals surface area contributed by atoms with Crippen molar-refractivity contribution < 1.29 is 4.42 Å². The Balaban J connectivity index is 0.996. The molecule has 11 rings (SSSR count). The number of benzene rings is 9. The van der Waals surface area contributed by atoms with Gasteiger partial charge in [-0.25, -0.2) is 0 Å². The molecule has 270 valence electrons. The van der Waals surface area contributed by atoms with Crippen LogP contribution in [0.3, 0.4) is 0 Å². The molecule has 0 aliphatic heterocycles. The number of para-hydroxylation sites is 1. The smallest absolute Gasteiger partial charge is 0.135 e. The summed E-state index contributed by atoms with van der Waals surface area (Å²) in [6.45, 7) is 4.70. The van der Waals surface area contributed by atoms with Crippen LogP contribution >= 0.6 is 0 Å². The van der Waals surface area contributed by atoms with Gasteiger partial charge in [0, 0.05) is 33.2 Å². The van der Waals surface area contributed by atoms with E-state index in [-0.39, 0.29) is 5.41 Å². The fourth-order valence-corrected chi connectivity index (χ4v) is 9.13. The molecule has 10 aromatic rings. The summed E-state index contributed by atoms with van der Waals surface area (Å²) in [6, 6.07) is 72.8. The lowest BCUT2D eigenvalue weighted by Crippen LogP contribution is -2.16. The van der Waals surface area contributed by atoms with Crippen LogP contribution in [0.4, 0.5) is 17.1 Å². The van der Waals surface area contributed by atoms with Gasteiger partial charge in [-0.05, 0) is 121 Å². The van der Waals surface area contributed by atoms with Gasteiger partial charge < -0.3 is 9.32 Å². The second-order valence-electron chi connectivity index (χ2n) is 15.7. The average Bonchev–Trinajstić information content (AvgIpc) is 3.75. The van der Waals surface area contributed by atoms with Crippen molar-refractivity contribution in [2.24, 2.45) is 0 Å². The largest absolute Gasteiger partial charge is 0.456 e. The fourth-order valence-electron chi connectivity index (χ4n) is 9.13. The quantitative estimate of drug-likeness (QED) is 0.169. The van der Waals surface area contributed by atoms with Crippen LogP contribution < -0.4 is 4.90 Å². The Morgan fingerprint density at radius 2 is 0.930 bits per heavy atom. The molecule has 0 bridgehead atoms. The fraction of sp³-hybridized carbons (Fsp3) is 0.0545. The van der Waals surface area contributed by atoms with Gasteiger partial charge in [-0.3, -0.25) is 0 Å². The SMILES string of the molecule is CC1(C)c2ccccc2-c2ccc(N(c3ccc(-c4ccc(-c5cccc6ccccc56)cc4)cc3)c3cccc(-c4ccc5oc6ccccc6c5c4)c3)cc21. The molecule has 0 radical (unpaired) electrons. The number of rotatable bonds is 6. The number of anilines is 3. The van der Waals surface area contributed by atoms with Gasteiger partial charge in [0.05, 0.1) is 0 Å². The number of hydrogen-bond acceptors (Lipinski definition) is 2. The number of nitrogens with zero attached hydrogens (tertiary/aromatic N) is 1. The first-order chi connectivity index (χ1) is 28.0. The minimum Gasteiger partial charge on any atom is -0.456 e. The van der Waals surface area contributed by atoms with Gasteiger partial charge in [0.2, 0.25) is 0 Å². The van der Waals surface area contributed by atoms with Crippen LogP contribution in [-0.4, -0.2) is 0 Å². The molecule has 0 amide bonds. The van der Waals surface area contributed by atoms with Gasteiger partial charge >= 0.3 is 0 Å². The Labute approximate surface area is 332 Å². The van der Waals surface area contributed by atoms with Gasteiger partial charge in [0.1, 0.15) is 11.2 Å². The highest BCUT2D eigenvalue weighted by molar-refractivity contribution is 6.06. The number of furan rings is 1. The van der Waals surface area contributed by atoms with E-state index in [2.05, 4.69) is 207 Å². The number of fused-ring (bicyclic) bond motifs is 7. The lowest BCUT2D eigenvalue weighted by molar-refractivity contribution is 0.660. The molecule has 57 heavy (non-hydrogen) atoms. The van der Waals surface area contributed by atoms with E-state index in [9.17, 15) is 0 Å². The van der Waals surface area contributed by atoms with Crippen molar-refractivity contribution >= 4 is 49.8 Å². The molecule has 0 fully saturated rings. The van der Waals surface area contributed by atoms with Crippen molar-refractivity contribution in [3.8, 4) is 44.5 Å². The van der Waals surface area contributed by atoms with Gasteiger partial charge in [-0.1, -0.05) is 159 Å². The van der Waals surface area contributed by atoms with Crippen molar-refractivity contribution in [1.82, 2.24) is 0 Å². The number of hydrogen-bond donors (Lipinski definition) is 0. The zero-order valence-corrected chi connectivity index (χ0v) is 31.9. The van der Waals surface area contributed by atoms with Crippen LogP contribution in [-0.2, 0) is 5.41 Å². The van der Waals surface area contributed by atoms with E-state index in [1.165, 1.54) is 55.3 Å². The summed E-state index contributed by atoms with van der Waals surface area (Å²) in [6.07, 6.45) is 0. The van der Waals surface area contributed by atoms with E-state index in [0.717, 1.165) is 50.1 Å². The van der Waals surface area contributed by atoms with Gasteiger partial charge in [0.25, 0.3) is 0 Å². The van der Waals surface area contributed by atoms with Crippen LogP contribution in [0.1, 0.15) is 25.0 Å². The lowest BCUT2D eigenvalue weighted by Gasteiger charge is -2.28. The molecule has 0 saturated carbocycles.